The Morgan fingerprint density at radius 2 is 2.00 bits per heavy atom. The van der Waals surface area contributed by atoms with Crippen molar-refractivity contribution in [2.24, 2.45) is 5.92 Å². The second kappa shape index (κ2) is 7.00. The fraction of sp³-hybridized carbons (Fsp3) is 0.533. The summed E-state index contributed by atoms with van der Waals surface area (Å²) >= 11 is 3.33. The Balaban J connectivity index is 2.16. The first-order valence-electron chi connectivity index (χ1n) is 7.28. The quantitative estimate of drug-likeness (QED) is 0.795. The molecule has 5 nitrogen and oxygen atoms in total. The Labute approximate surface area is 140 Å². The monoisotopic (exact) mass is 388 g/mol. The van der Waals surface area contributed by atoms with Gasteiger partial charge in [-0.1, -0.05) is 28.9 Å². The van der Waals surface area contributed by atoms with E-state index in [0.717, 1.165) is 27.9 Å². The lowest BCUT2D eigenvalue weighted by atomic mass is 9.99. The summed E-state index contributed by atoms with van der Waals surface area (Å²) < 4.78 is 26.0. The molecule has 0 aromatic heterocycles. The van der Waals surface area contributed by atoms with Crippen molar-refractivity contribution >= 4 is 37.5 Å². The van der Waals surface area contributed by atoms with Crippen LogP contribution in [0.3, 0.4) is 0 Å². The first-order valence-corrected chi connectivity index (χ1v) is 9.92. The summed E-state index contributed by atoms with van der Waals surface area (Å²) in [5.41, 5.74) is 0.496. The largest absolute Gasteiger partial charge is 0.341 e. The van der Waals surface area contributed by atoms with Gasteiger partial charge in [0.25, 0.3) is 0 Å². The van der Waals surface area contributed by atoms with Gasteiger partial charge in [0.15, 0.2) is 0 Å². The normalized spacial score (nSPS) is 16.6. The molecule has 0 radical (unpaired) electrons. The molecule has 1 aromatic carbocycles. The molecule has 0 aliphatic carbocycles. The van der Waals surface area contributed by atoms with E-state index in [9.17, 15) is 13.2 Å². The van der Waals surface area contributed by atoms with E-state index in [4.69, 9.17) is 0 Å². The number of amides is 1. The number of piperidine rings is 1. The predicted octanol–water partition coefficient (Wildman–Crippen LogP) is 2.47. The van der Waals surface area contributed by atoms with Crippen LogP contribution < -0.4 is 4.31 Å². The van der Waals surface area contributed by atoms with Crippen LogP contribution in [0.5, 0.6) is 0 Å². The van der Waals surface area contributed by atoms with Gasteiger partial charge in [0.2, 0.25) is 15.9 Å². The highest BCUT2D eigenvalue weighted by Gasteiger charge is 2.26. The molecule has 1 fully saturated rings. The number of benzene rings is 1. The number of anilines is 1. The molecule has 122 valence electrons. The number of nitrogens with zero attached hydrogens (tertiary/aromatic N) is 2. The van der Waals surface area contributed by atoms with E-state index in [1.54, 1.807) is 23.1 Å². The van der Waals surface area contributed by atoms with E-state index in [1.165, 1.54) is 0 Å². The summed E-state index contributed by atoms with van der Waals surface area (Å²) in [5.74, 6) is 0.484. The lowest BCUT2D eigenvalue weighted by Crippen LogP contribution is -2.45. The topological polar surface area (TPSA) is 57.7 Å². The van der Waals surface area contributed by atoms with Crippen LogP contribution in [0.4, 0.5) is 5.69 Å². The van der Waals surface area contributed by atoms with Crippen molar-refractivity contribution in [3.63, 3.8) is 0 Å². The van der Waals surface area contributed by atoms with Crippen molar-refractivity contribution in [2.45, 2.75) is 19.8 Å². The van der Waals surface area contributed by atoms with Crippen LogP contribution >= 0.6 is 15.9 Å². The number of carbonyl (C=O) groups is 1. The molecule has 0 saturated carbocycles. The second-order valence-electron chi connectivity index (χ2n) is 5.81. The van der Waals surface area contributed by atoms with Gasteiger partial charge in [0.05, 0.1) is 11.9 Å². The third kappa shape index (κ3) is 4.46. The van der Waals surface area contributed by atoms with Gasteiger partial charge in [-0.2, -0.15) is 0 Å². The Morgan fingerprint density at radius 1 is 1.36 bits per heavy atom. The zero-order valence-electron chi connectivity index (χ0n) is 12.8. The smallest absolute Gasteiger partial charge is 0.243 e. The summed E-state index contributed by atoms with van der Waals surface area (Å²) in [4.78, 5) is 14.2. The average molecular weight is 389 g/mol. The summed E-state index contributed by atoms with van der Waals surface area (Å²) in [6, 6.07) is 6.96. The maximum atomic E-state index is 12.4. The number of hydrogen-bond acceptors (Lipinski definition) is 3. The lowest BCUT2D eigenvalue weighted by Gasteiger charge is -2.32. The highest BCUT2D eigenvalue weighted by molar-refractivity contribution is 9.10. The Hall–Kier alpha value is -1.08. The molecular weight excluding hydrogens is 368 g/mol. The third-order valence-corrected chi connectivity index (χ3v) is 5.55. The minimum Gasteiger partial charge on any atom is -0.341 e. The highest BCUT2D eigenvalue weighted by atomic mass is 79.9. The molecule has 1 aromatic rings. The lowest BCUT2D eigenvalue weighted by molar-refractivity contribution is -0.130. The van der Waals surface area contributed by atoms with Gasteiger partial charge in [-0.15, -0.1) is 0 Å². The zero-order chi connectivity index (χ0) is 16.3. The van der Waals surface area contributed by atoms with Crippen molar-refractivity contribution < 1.29 is 13.2 Å². The average Bonchev–Trinajstić information content (AvgIpc) is 2.44. The van der Waals surface area contributed by atoms with Crippen molar-refractivity contribution in [3.8, 4) is 0 Å². The Bertz CT molecular complexity index is 640. The number of halogens is 1. The summed E-state index contributed by atoms with van der Waals surface area (Å²) in [5, 5.41) is 0. The van der Waals surface area contributed by atoms with Gasteiger partial charge in [-0.25, -0.2) is 8.42 Å². The third-order valence-electron chi connectivity index (χ3n) is 3.91. The molecule has 1 aliphatic rings. The number of carbonyl (C=O) groups excluding carboxylic acids is 1. The van der Waals surface area contributed by atoms with Crippen molar-refractivity contribution in [3.05, 3.63) is 28.7 Å². The van der Waals surface area contributed by atoms with Crippen LogP contribution in [-0.2, 0) is 14.8 Å². The first kappa shape index (κ1) is 17.3. The molecule has 0 unspecified atom stereocenters. The minimum absolute atomic E-state index is 0.141. The molecule has 2 rings (SSSR count). The van der Waals surface area contributed by atoms with Crippen LogP contribution in [0.25, 0.3) is 0 Å². The van der Waals surface area contributed by atoms with Crippen molar-refractivity contribution in [1.29, 1.82) is 0 Å². The molecule has 22 heavy (non-hydrogen) atoms. The number of hydrogen-bond donors (Lipinski definition) is 0. The molecule has 0 N–H and O–H groups in total. The van der Waals surface area contributed by atoms with E-state index in [-0.39, 0.29) is 12.5 Å². The van der Waals surface area contributed by atoms with Crippen LogP contribution in [0.1, 0.15) is 19.8 Å². The summed E-state index contributed by atoms with van der Waals surface area (Å²) in [7, 11) is -3.51. The maximum absolute atomic E-state index is 12.4. The molecule has 1 saturated heterocycles. The summed E-state index contributed by atoms with van der Waals surface area (Å²) in [6.07, 6.45) is 3.07. The maximum Gasteiger partial charge on any atom is 0.243 e. The van der Waals surface area contributed by atoms with E-state index in [2.05, 4.69) is 22.9 Å². The molecule has 0 bridgehead atoms. The molecule has 7 heteroatoms. The van der Waals surface area contributed by atoms with Gasteiger partial charge in [0, 0.05) is 17.6 Å². The van der Waals surface area contributed by atoms with Gasteiger partial charge >= 0.3 is 0 Å². The zero-order valence-corrected chi connectivity index (χ0v) is 15.2. The Morgan fingerprint density at radius 3 is 2.55 bits per heavy atom. The SMILES string of the molecule is CC1CCN(C(=O)CN(c2cccc(Br)c2)S(C)(=O)=O)CC1. The summed E-state index contributed by atoms with van der Waals surface area (Å²) in [6.45, 7) is 3.43. The molecule has 0 spiro atoms. The number of rotatable bonds is 4. The van der Waals surface area contributed by atoms with Crippen LogP contribution in [0.2, 0.25) is 0 Å². The molecule has 1 amide bonds. The minimum atomic E-state index is -3.51. The van der Waals surface area contributed by atoms with E-state index >= 15 is 0 Å². The molecule has 1 aliphatic heterocycles. The van der Waals surface area contributed by atoms with Gasteiger partial charge < -0.3 is 4.90 Å². The second-order valence-corrected chi connectivity index (χ2v) is 8.64. The first-order chi connectivity index (χ1) is 10.3. The molecular formula is C15H21BrN2O3S. The van der Waals surface area contributed by atoms with E-state index < -0.39 is 10.0 Å². The highest BCUT2D eigenvalue weighted by Crippen LogP contribution is 2.23. The van der Waals surface area contributed by atoms with Crippen LogP contribution in [-0.4, -0.2) is 45.1 Å². The van der Waals surface area contributed by atoms with Crippen molar-refractivity contribution in [1.82, 2.24) is 4.90 Å². The van der Waals surface area contributed by atoms with Gasteiger partial charge in [-0.05, 0) is 37.0 Å². The molecule has 1 heterocycles. The molecule has 0 atom stereocenters. The van der Waals surface area contributed by atoms with E-state index in [0.29, 0.717) is 24.7 Å². The van der Waals surface area contributed by atoms with Crippen molar-refractivity contribution in [2.75, 3.05) is 30.2 Å². The fourth-order valence-electron chi connectivity index (χ4n) is 2.51. The van der Waals surface area contributed by atoms with E-state index in [1.807, 2.05) is 6.07 Å². The standard InChI is InChI=1S/C15H21BrN2O3S/c1-12-6-8-17(9-7-12)15(19)11-18(22(2,20)21)14-5-3-4-13(16)10-14/h3-5,10,12H,6-9,11H2,1-2H3. The number of sulfonamides is 1. The van der Waals surface area contributed by atoms with Gasteiger partial charge in [0.1, 0.15) is 6.54 Å². The predicted molar refractivity (Wildman–Crippen MR) is 91.3 cm³/mol. The fourth-order valence-corrected chi connectivity index (χ4v) is 3.74. The van der Waals surface area contributed by atoms with Gasteiger partial charge in [-0.3, -0.25) is 9.10 Å². The number of likely N-dealkylation sites (tertiary alicyclic amines) is 1. The Kier molecular flexibility index (Phi) is 5.50. The van der Waals surface area contributed by atoms with Crippen LogP contribution in [0.15, 0.2) is 28.7 Å². The van der Waals surface area contributed by atoms with Crippen LogP contribution in [0, 0.1) is 5.92 Å².